The molecule has 0 heterocycles. The summed E-state index contributed by atoms with van der Waals surface area (Å²) in [5.74, 6) is -0.768. The van der Waals surface area contributed by atoms with Crippen LogP contribution >= 0.6 is 0 Å². The number of aliphatic carboxylic acids is 1. The van der Waals surface area contributed by atoms with E-state index >= 15 is 0 Å². The minimum absolute atomic E-state index is 0.139. The van der Waals surface area contributed by atoms with Crippen LogP contribution < -0.4 is 4.74 Å². The van der Waals surface area contributed by atoms with Crippen LogP contribution in [-0.2, 0) is 11.2 Å². The van der Waals surface area contributed by atoms with Gasteiger partial charge in [0.05, 0.1) is 12.5 Å². The van der Waals surface area contributed by atoms with Gasteiger partial charge in [0.25, 0.3) is 0 Å². The van der Waals surface area contributed by atoms with Crippen molar-refractivity contribution in [2.45, 2.75) is 19.3 Å². The van der Waals surface area contributed by atoms with E-state index in [1.54, 1.807) is 42.5 Å². The Morgan fingerprint density at radius 1 is 1.19 bits per heavy atom. The van der Waals surface area contributed by atoms with E-state index in [9.17, 15) is 15.0 Å². The molecule has 0 aliphatic rings. The first-order valence-electron chi connectivity index (χ1n) is 6.83. The average Bonchev–Trinajstić information content (AvgIpc) is 2.45. The monoisotopic (exact) mass is 286 g/mol. The topological polar surface area (TPSA) is 66.8 Å². The van der Waals surface area contributed by atoms with Crippen LogP contribution in [0.3, 0.4) is 0 Å². The number of carboxylic acids is 1. The summed E-state index contributed by atoms with van der Waals surface area (Å²) in [6.07, 6.45) is 0.319. The van der Waals surface area contributed by atoms with Gasteiger partial charge in [0, 0.05) is 0 Å². The number of hydrogen-bond acceptors (Lipinski definition) is 3. The lowest BCUT2D eigenvalue weighted by Gasteiger charge is -2.14. The summed E-state index contributed by atoms with van der Waals surface area (Å²) in [5.41, 5.74) is 1.47. The van der Waals surface area contributed by atoms with Crippen molar-refractivity contribution in [3.63, 3.8) is 0 Å². The van der Waals surface area contributed by atoms with Crippen molar-refractivity contribution in [2.24, 2.45) is 0 Å². The molecule has 2 aromatic rings. The number of rotatable bonds is 6. The number of carboxylic acid groups (broad SMARTS) is 1. The Bertz CT molecular complexity index is 622. The van der Waals surface area contributed by atoms with Crippen molar-refractivity contribution in [3.05, 3.63) is 59.7 Å². The van der Waals surface area contributed by atoms with Crippen LogP contribution in [0.1, 0.15) is 24.0 Å². The fraction of sp³-hybridized carbons (Fsp3) is 0.235. The number of ether oxygens (including phenoxy) is 1. The number of phenols is 1. The van der Waals surface area contributed by atoms with E-state index in [0.29, 0.717) is 24.3 Å². The van der Waals surface area contributed by atoms with Crippen molar-refractivity contribution < 1.29 is 19.7 Å². The van der Waals surface area contributed by atoms with Crippen LogP contribution in [0.5, 0.6) is 11.5 Å². The number of phenolic OH excluding ortho intramolecular Hbond substituents is 1. The molecule has 0 bridgehead atoms. The third-order valence-electron chi connectivity index (χ3n) is 3.22. The third kappa shape index (κ3) is 3.99. The smallest absolute Gasteiger partial charge is 0.311 e. The van der Waals surface area contributed by atoms with Gasteiger partial charge in [-0.2, -0.15) is 0 Å². The molecule has 0 aromatic heterocycles. The minimum atomic E-state index is -0.896. The van der Waals surface area contributed by atoms with E-state index in [1.165, 1.54) is 0 Å². The zero-order valence-corrected chi connectivity index (χ0v) is 11.8. The van der Waals surface area contributed by atoms with E-state index in [-0.39, 0.29) is 5.75 Å². The Hall–Kier alpha value is -2.49. The molecule has 0 aliphatic carbocycles. The van der Waals surface area contributed by atoms with Crippen LogP contribution in [0.15, 0.2) is 48.5 Å². The van der Waals surface area contributed by atoms with E-state index in [2.05, 4.69) is 0 Å². The van der Waals surface area contributed by atoms with E-state index in [4.69, 9.17) is 4.74 Å². The fourth-order valence-corrected chi connectivity index (χ4v) is 2.25. The first-order valence-corrected chi connectivity index (χ1v) is 6.83. The van der Waals surface area contributed by atoms with Crippen molar-refractivity contribution in [1.82, 2.24) is 0 Å². The molecule has 110 valence electrons. The predicted molar refractivity (Wildman–Crippen MR) is 79.8 cm³/mol. The highest BCUT2D eigenvalue weighted by Crippen LogP contribution is 2.26. The molecule has 4 nitrogen and oxygen atoms in total. The Morgan fingerprint density at radius 2 is 1.95 bits per heavy atom. The van der Waals surface area contributed by atoms with Crippen LogP contribution in [0.2, 0.25) is 0 Å². The van der Waals surface area contributed by atoms with E-state index in [0.717, 1.165) is 5.56 Å². The van der Waals surface area contributed by atoms with Gasteiger partial charge in [0.2, 0.25) is 0 Å². The van der Waals surface area contributed by atoms with Crippen LogP contribution in [-0.4, -0.2) is 22.8 Å². The number of carbonyl (C=O) groups is 1. The maximum atomic E-state index is 11.6. The van der Waals surface area contributed by atoms with Crippen LogP contribution in [0.4, 0.5) is 0 Å². The molecule has 2 aromatic carbocycles. The van der Waals surface area contributed by atoms with Gasteiger partial charge in [0.1, 0.15) is 11.5 Å². The quantitative estimate of drug-likeness (QED) is 0.855. The summed E-state index contributed by atoms with van der Waals surface area (Å²) in [6.45, 7) is 2.42. The van der Waals surface area contributed by atoms with Gasteiger partial charge in [-0.25, -0.2) is 0 Å². The van der Waals surface area contributed by atoms with Crippen LogP contribution in [0, 0.1) is 0 Å². The lowest BCUT2D eigenvalue weighted by atomic mass is 9.92. The highest BCUT2D eigenvalue weighted by atomic mass is 16.5. The summed E-state index contributed by atoms with van der Waals surface area (Å²) in [4.78, 5) is 11.6. The Morgan fingerprint density at radius 3 is 2.62 bits per heavy atom. The molecule has 1 atom stereocenters. The van der Waals surface area contributed by atoms with Crippen molar-refractivity contribution in [1.29, 1.82) is 0 Å². The van der Waals surface area contributed by atoms with E-state index in [1.807, 2.05) is 13.0 Å². The SMILES string of the molecule is CCOc1cccc(C(Cc2cccc(O)c2)C(=O)O)c1. The molecule has 0 saturated heterocycles. The molecule has 0 spiro atoms. The maximum absolute atomic E-state index is 11.6. The molecule has 2 rings (SSSR count). The largest absolute Gasteiger partial charge is 0.508 e. The van der Waals surface area contributed by atoms with E-state index < -0.39 is 11.9 Å². The second-order valence-electron chi connectivity index (χ2n) is 4.77. The van der Waals surface area contributed by atoms with Crippen LogP contribution in [0.25, 0.3) is 0 Å². The first-order chi connectivity index (χ1) is 10.1. The molecule has 0 aliphatic heterocycles. The van der Waals surface area contributed by atoms with Gasteiger partial charge >= 0.3 is 5.97 Å². The predicted octanol–water partition coefficient (Wildman–Crippen LogP) is 3.20. The number of benzene rings is 2. The lowest BCUT2D eigenvalue weighted by molar-refractivity contribution is -0.138. The lowest BCUT2D eigenvalue weighted by Crippen LogP contribution is -2.14. The van der Waals surface area contributed by atoms with Crippen molar-refractivity contribution in [2.75, 3.05) is 6.61 Å². The molecule has 21 heavy (non-hydrogen) atoms. The minimum Gasteiger partial charge on any atom is -0.508 e. The Labute approximate surface area is 123 Å². The summed E-state index contributed by atoms with van der Waals surface area (Å²) in [6, 6.07) is 13.8. The number of aromatic hydroxyl groups is 1. The summed E-state index contributed by atoms with van der Waals surface area (Å²) >= 11 is 0. The van der Waals surface area contributed by atoms with Gasteiger partial charge < -0.3 is 14.9 Å². The highest BCUT2D eigenvalue weighted by Gasteiger charge is 2.21. The van der Waals surface area contributed by atoms with Gasteiger partial charge in [-0.05, 0) is 48.7 Å². The summed E-state index contributed by atoms with van der Waals surface area (Å²) < 4.78 is 5.41. The van der Waals surface area contributed by atoms with Gasteiger partial charge in [-0.15, -0.1) is 0 Å². The Kier molecular flexibility index (Phi) is 4.82. The molecular weight excluding hydrogens is 268 g/mol. The summed E-state index contributed by atoms with van der Waals surface area (Å²) in [7, 11) is 0. The molecular formula is C17H18O4. The van der Waals surface area contributed by atoms with Crippen molar-refractivity contribution >= 4 is 5.97 Å². The highest BCUT2D eigenvalue weighted by molar-refractivity contribution is 5.76. The fourth-order valence-electron chi connectivity index (χ4n) is 2.25. The normalized spacial score (nSPS) is 11.9. The van der Waals surface area contributed by atoms with Crippen molar-refractivity contribution in [3.8, 4) is 11.5 Å². The Balaban J connectivity index is 2.26. The second kappa shape index (κ2) is 6.79. The summed E-state index contributed by atoms with van der Waals surface area (Å²) in [5, 5.41) is 19.0. The molecule has 0 amide bonds. The molecule has 2 N–H and O–H groups in total. The second-order valence-corrected chi connectivity index (χ2v) is 4.77. The standard InChI is InChI=1S/C17H18O4/c1-2-21-15-8-4-6-13(11-15)16(17(19)20)10-12-5-3-7-14(18)9-12/h3-9,11,16,18H,2,10H2,1H3,(H,19,20). The zero-order valence-electron chi connectivity index (χ0n) is 11.8. The molecule has 4 heteroatoms. The molecule has 0 fully saturated rings. The van der Waals surface area contributed by atoms with Gasteiger partial charge in [-0.1, -0.05) is 24.3 Å². The van der Waals surface area contributed by atoms with Gasteiger partial charge in [-0.3, -0.25) is 4.79 Å². The number of hydrogen-bond donors (Lipinski definition) is 2. The third-order valence-corrected chi connectivity index (χ3v) is 3.22. The molecule has 0 radical (unpaired) electrons. The molecule has 0 saturated carbocycles. The first kappa shape index (κ1) is 14.9. The molecule has 1 unspecified atom stereocenters. The zero-order chi connectivity index (χ0) is 15.2. The average molecular weight is 286 g/mol. The maximum Gasteiger partial charge on any atom is 0.311 e. The van der Waals surface area contributed by atoms with Gasteiger partial charge in [0.15, 0.2) is 0 Å².